The number of hydrogen-bond donors (Lipinski definition) is 0. The fraction of sp³-hybridized carbons (Fsp3) is 0. The Morgan fingerprint density at radius 2 is 0.522 bits per heavy atom. The minimum atomic E-state index is 1.07. The summed E-state index contributed by atoms with van der Waals surface area (Å²) < 4.78 is 2.39. The molecule has 4 heteroatoms. The highest BCUT2D eigenvalue weighted by Crippen LogP contribution is 2.39. The van der Waals surface area contributed by atoms with Crippen LogP contribution in [0.4, 0.5) is 0 Å². The van der Waals surface area contributed by atoms with Crippen LogP contribution in [0.2, 0.25) is 0 Å². The molecule has 0 radical (unpaired) electrons. The third-order valence-corrected chi connectivity index (χ3v) is 13.4. The molecular formula is C63H40N4. The van der Waals surface area contributed by atoms with Crippen molar-refractivity contribution >= 4 is 54.1 Å². The SMILES string of the molecule is c1ccc2cc(-c3cncc(-c4ccc(-n5c6ccc(-c7cncc(-c8ccc9ccccc9c8)c7)cc6c6cc(-c7cncc(-c8ccc9ccccc9c8)c7)ccc65)cc4)c3)ccc2c1. The van der Waals surface area contributed by atoms with Crippen LogP contribution in [0.1, 0.15) is 0 Å². The molecule has 0 N–H and O–H groups in total. The van der Waals surface area contributed by atoms with E-state index in [0.717, 1.165) is 83.5 Å². The normalized spacial score (nSPS) is 11.6. The summed E-state index contributed by atoms with van der Waals surface area (Å²) in [4.78, 5) is 14.2. The first-order chi connectivity index (χ1) is 33.1. The lowest BCUT2D eigenvalue weighted by Crippen LogP contribution is -1.94. The van der Waals surface area contributed by atoms with Crippen molar-refractivity contribution in [3.05, 3.63) is 243 Å². The first kappa shape index (κ1) is 38.5. The Balaban J connectivity index is 0.915. The van der Waals surface area contributed by atoms with Crippen molar-refractivity contribution in [2.75, 3.05) is 0 Å². The van der Waals surface area contributed by atoms with Gasteiger partial charge in [-0.25, -0.2) is 0 Å². The lowest BCUT2D eigenvalue weighted by atomic mass is 9.97. The molecule has 4 heterocycles. The van der Waals surface area contributed by atoms with Crippen molar-refractivity contribution in [2.24, 2.45) is 0 Å². The third-order valence-electron chi connectivity index (χ3n) is 13.4. The molecule has 0 aliphatic heterocycles. The van der Waals surface area contributed by atoms with Crippen molar-refractivity contribution in [3.63, 3.8) is 0 Å². The van der Waals surface area contributed by atoms with Gasteiger partial charge in [-0.05, 0) is 138 Å². The van der Waals surface area contributed by atoms with Crippen LogP contribution in [-0.4, -0.2) is 19.5 Å². The smallest absolute Gasteiger partial charge is 0.0541 e. The molecule has 0 fully saturated rings. The van der Waals surface area contributed by atoms with Gasteiger partial charge in [-0.3, -0.25) is 15.0 Å². The Labute approximate surface area is 387 Å². The molecule has 4 nitrogen and oxygen atoms in total. The molecule has 0 saturated carbocycles. The summed E-state index contributed by atoms with van der Waals surface area (Å²) in [6.45, 7) is 0. The topological polar surface area (TPSA) is 43.6 Å². The largest absolute Gasteiger partial charge is 0.309 e. The highest BCUT2D eigenvalue weighted by Gasteiger charge is 2.17. The number of fused-ring (bicyclic) bond motifs is 6. The molecule has 0 aliphatic carbocycles. The maximum absolute atomic E-state index is 4.77. The predicted molar refractivity (Wildman–Crippen MR) is 279 cm³/mol. The highest BCUT2D eigenvalue weighted by atomic mass is 15.0. The van der Waals surface area contributed by atoms with Crippen LogP contribution in [0.5, 0.6) is 0 Å². The van der Waals surface area contributed by atoms with E-state index in [2.05, 4.69) is 211 Å². The van der Waals surface area contributed by atoms with Crippen LogP contribution in [0.3, 0.4) is 0 Å². The Hall–Kier alpha value is -8.99. The molecule has 0 bridgehead atoms. The Kier molecular flexibility index (Phi) is 9.14. The number of benzene rings is 9. The standard InChI is InChI=1S/C63H40N4/c1-4-10-45-27-48(16-13-41(45)7-1)54-30-53(35-64-36-54)44-19-23-59(24-20-44)67-62-25-21-51(57-31-55(37-65-39-57)49-17-14-42-8-2-5-11-46(42)28-49)33-60(62)61-34-52(22-26-63(61)67)58-32-56(38-66-40-58)50-18-15-43-9-3-6-12-47(43)29-50/h1-40H. The summed E-state index contributed by atoms with van der Waals surface area (Å²) in [6.07, 6.45) is 11.8. The molecule has 0 atom stereocenters. The zero-order valence-electron chi connectivity index (χ0n) is 36.4. The molecule has 0 unspecified atom stereocenters. The second-order valence-electron chi connectivity index (χ2n) is 17.4. The molecule has 67 heavy (non-hydrogen) atoms. The minimum absolute atomic E-state index is 1.07. The summed E-state index contributed by atoms with van der Waals surface area (Å²) in [7, 11) is 0. The van der Waals surface area contributed by atoms with Gasteiger partial charge in [0.25, 0.3) is 0 Å². The van der Waals surface area contributed by atoms with E-state index in [1.54, 1.807) is 0 Å². The average Bonchev–Trinajstić information content (AvgIpc) is 3.73. The van der Waals surface area contributed by atoms with Crippen molar-refractivity contribution in [2.45, 2.75) is 0 Å². The van der Waals surface area contributed by atoms with E-state index in [1.807, 2.05) is 37.2 Å². The fourth-order valence-electron chi connectivity index (χ4n) is 9.84. The van der Waals surface area contributed by atoms with Gasteiger partial charge in [0, 0.05) is 87.0 Å². The maximum atomic E-state index is 4.77. The van der Waals surface area contributed by atoms with Crippen molar-refractivity contribution in [3.8, 4) is 72.4 Å². The van der Waals surface area contributed by atoms with E-state index in [4.69, 9.17) is 15.0 Å². The number of hydrogen-bond acceptors (Lipinski definition) is 3. The lowest BCUT2D eigenvalue weighted by Gasteiger charge is -2.11. The van der Waals surface area contributed by atoms with Crippen molar-refractivity contribution in [1.82, 2.24) is 19.5 Å². The lowest BCUT2D eigenvalue weighted by molar-refractivity contribution is 1.18. The van der Waals surface area contributed by atoms with E-state index in [-0.39, 0.29) is 0 Å². The van der Waals surface area contributed by atoms with Crippen LogP contribution < -0.4 is 0 Å². The van der Waals surface area contributed by atoms with Gasteiger partial charge in [0.1, 0.15) is 0 Å². The highest BCUT2D eigenvalue weighted by molar-refractivity contribution is 6.12. The fourth-order valence-corrected chi connectivity index (χ4v) is 9.84. The molecule has 4 aromatic heterocycles. The number of pyridine rings is 3. The average molecular weight is 853 g/mol. The van der Waals surface area contributed by atoms with Crippen molar-refractivity contribution in [1.29, 1.82) is 0 Å². The minimum Gasteiger partial charge on any atom is -0.309 e. The van der Waals surface area contributed by atoms with Gasteiger partial charge in [-0.15, -0.1) is 0 Å². The van der Waals surface area contributed by atoms with Crippen molar-refractivity contribution < 1.29 is 0 Å². The van der Waals surface area contributed by atoms with E-state index in [9.17, 15) is 0 Å². The summed E-state index contributed by atoms with van der Waals surface area (Å²) in [5.41, 5.74) is 16.6. The molecular weight excluding hydrogens is 813 g/mol. The summed E-state index contributed by atoms with van der Waals surface area (Å²) in [5.74, 6) is 0. The zero-order chi connectivity index (χ0) is 44.3. The number of nitrogens with zero attached hydrogens (tertiary/aromatic N) is 4. The zero-order valence-corrected chi connectivity index (χ0v) is 36.4. The van der Waals surface area contributed by atoms with Gasteiger partial charge in [-0.1, -0.05) is 133 Å². The monoisotopic (exact) mass is 852 g/mol. The molecule has 9 aromatic carbocycles. The summed E-state index contributed by atoms with van der Waals surface area (Å²) in [5, 5.41) is 9.67. The van der Waals surface area contributed by atoms with Crippen LogP contribution >= 0.6 is 0 Å². The number of aromatic nitrogens is 4. The molecule has 13 aromatic rings. The van der Waals surface area contributed by atoms with Crippen LogP contribution in [0.25, 0.3) is 127 Å². The van der Waals surface area contributed by atoms with E-state index in [0.29, 0.717) is 0 Å². The summed E-state index contributed by atoms with van der Waals surface area (Å²) >= 11 is 0. The Bertz CT molecular complexity index is 3870. The van der Waals surface area contributed by atoms with Crippen LogP contribution in [0.15, 0.2) is 243 Å². The maximum Gasteiger partial charge on any atom is 0.0541 e. The second-order valence-corrected chi connectivity index (χ2v) is 17.4. The molecule has 0 amide bonds. The van der Waals surface area contributed by atoms with E-state index >= 15 is 0 Å². The Morgan fingerprint density at radius 1 is 0.224 bits per heavy atom. The third kappa shape index (κ3) is 7.00. The van der Waals surface area contributed by atoms with Gasteiger partial charge in [-0.2, -0.15) is 0 Å². The van der Waals surface area contributed by atoms with Gasteiger partial charge in [0.15, 0.2) is 0 Å². The Morgan fingerprint density at radius 3 is 0.896 bits per heavy atom. The molecule has 0 aliphatic rings. The molecule has 0 saturated heterocycles. The molecule has 0 spiro atoms. The van der Waals surface area contributed by atoms with Gasteiger partial charge in [0.2, 0.25) is 0 Å². The first-order valence-corrected chi connectivity index (χ1v) is 22.7. The summed E-state index contributed by atoms with van der Waals surface area (Å²) in [6, 6.07) is 74.6. The van der Waals surface area contributed by atoms with E-state index < -0.39 is 0 Å². The predicted octanol–water partition coefficient (Wildman–Crippen LogP) is 16.4. The quantitative estimate of drug-likeness (QED) is 0.160. The van der Waals surface area contributed by atoms with Crippen LogP contribution in [0, 0.1) is 0 Å². The molecule has 13 rings (SSSR count). The molecule has 312 valence electrons. The van der Waals surface area contributed by atoms with Crippen LogP contribution in [-0.2, 0) is 0 Å². The van der Waals surface area contributed by atoms with Gasteiger partial charge in [0.05, 0.1) is 11.0 Å². The number of rotatable bonds is 7. The second kappa shape index (κ2) is 15.9. The van der Waals surface area contributed by atoms with Gasteiger partial charge >= 0.3 is 0 Å². The first-order valence-electron chi connectivity index (χ1n) is 22.7. The van der Waals surface area contributed by atoms with E-state index in [1.165, 1.54) is 43.1 Å². The van der Waals surface area contributed by atoms with Gasteiger partial charge < -0.3 is 4.57 Å².